The topological polar surface area (TPSA) is 73.0 Å². The van der Waals surface area contributed by atoms with Gasteiger partial charge in [-0.3, -0.25) is 4.57 Å². The van der Waals surface area contributed by atoms with Gasteiger partial charge in [-0.1, -0.05) is 23.9 Å². The smallest absolute Gasteiger partial charge is 0.196 e. The lowest BCUT2D eigenvalue weighted by molar-refractivity contribution is 0.176. The summed E-state index contributed by atoms with van der Waals surface area (Å²) in [5, 5.41) is 18.2. The van der Waals surface area contributed by atoms with Crippen LogP contribution in [0.4, 0.5) is 0 Å². The summed E-state index contributed by atoms with van der Waals surface area (Å²) >= 11 is 1.58. The number of hydrogen-bond donors (Lipinski definition) is 0. The van der Waals surface area contributed by atoms with E-state index in [0.717, 1.165) is 33.7 Å². The number of ether oxygens (including phenoxy) is 2. The molecule has 0 fully saturated rings. The van der Waals surface area contributed by atoms with Gasteiger partial charge in [-0.15, -0.1) is 10.2 Å². The van der Waals surface area contributed by atoms with Crippen molar-refractivity contribution >= 4 is 11.8 Å². The Balaban J connectivity index is 1.85. The number of rotatable bonds is 7. The zero-order chi connectivity index (χ0) is 18.4. The van der Waals surface area contributed by atoms with E-state index in [-0.39, 0.29) is 0 Å². The standard InChI is InChI=1S/C19H18N4O2S/c1-24-12-18-21-22-19(23(18)16-7-9-17(25-2)10-8-16)26-13-15-5-3-14(11-20)4-6-15/h3-10H,12-13H2,1-2H3. The van der Waals surface area contributed by atoms with E-state index < -0.39 is 0 Å². The Hall–Kier alpha value is -2.82. The molecule has 0 saturated heterocycles. The van der Waals surface area contributed by atoms with E-state index in [0.29, 0.717) is 12.2 Å². The Kier molecular flexibility index (Phi) is 5.89. The summed E-state index contributed by atoms with van der Waals surface area (Å²) in [6.07, 6.45) is 0. The van der Waals surface area contributed by atoms with Gasteiger partial charge in [-0.2, -0.15) is 5.26 Å². The first kappa shape index (κ1) is 18.0. The fourth-order valence-corrected chi connectivity index (χ4v) is 3.36. The van der Waals surface area contributed by atoms with Crippen molar-refractivity contribution in [1.29, 1.82) is 5.26 Å². The third-order valence-electron chi connectivity index (χ3n) is 3.76. The molecule has 1 heterocycles. The monoisotopic (exact) mass is 366 g/mol. The Morgan fingerprint density at radius 3 is 2.38 bits per heavy atom. The summed E-state index contributed by atoms with van der Waals surface area (Å²) in [6, 6.07) is 17.4. The fourth-order valence-electron chi connectivity index (χ4n) is 2.43. The predicted molar refractivity (Wildman–Crippen MR) is 99.3 cm³/mol. The van der Waals surface area contributed by atoms with E-state index in [1.165, 1.54) is 0 Å². The lowest BCUT2D eigenvalue weighted by Crippen LogP contribution is -2.04. The molecule has 0 atom stereocenters. The molecule has 0 aliphatic carbocycles. The van der Waals surface area contributed by atoms with E-state index >= 15 is 0 Å². The summed E-state index contributed by atoms with van der Waals surface area (Å²) in [5.41, 5.74) is 2.72. The molecule has 132 valence electrons. The lowest BCUT2D eigenvalue weighted by Gasteiger charge is -2.10. The van der Waals surface area contributed by atoms with Crippen molar-refractivity contribution in [2.24, 2.45) is 0 Å². The van der Waals surface area contributed by atoms with Crippen LogP contribution in [0.3, 0.4) is 0 Å². The number of hydrogen-bond acceptors (Lipinski definition) is 6. The molecule has 3 aromatic rings. The molecule has 0 aliphatic rings. The maximum absolute atomic E-state index is 8.89. The Morgan fingerprint density at radius 2 is 1.77 bits per heavy atom. The number of nitrogens with zero attached hydrogens (tertiary/aromatic N) is 4. The van der Waals surface area contributed by atoms with Gasteiger partial charge in [0, 0.05) is 18.6 Å². The minimum absolute atomic E-state index is 0.371. The summed E-state index contributed by atoms with van der Waals surface area (Å²) in [7, 11) is 3.28. The Bertz CT molecular complexity index is 899. The molecule has 0 spiro atoms. The van der Waals surface area contributed by atoms with Crippen LogP contribution in [0.1, 0.15) is 17.0 Å². The third kappa shape index (κ3) is 4.04. The highest BCUT2D eigenvalue weighted by atomic mass is 32.2. The second-order valence-corrected chi connectivity index (χ2v) is 6.41. The van der Waals surface area contributed by atoms with E-state index in [2.05, 4.69) is 16.3 Å². The maximum Gasteiger partial charge on any atom is 0.196 e. The highest BCUT2D eigenvalue weighted by Crippen LogP contribution is 2.26. The molecule has 3 rings (SSSR count). The quantitative estimate of drug-likeness (QED) is 0.595. The van der Waals surface area contributed by atoms with E-state index in [1.54, 1.807) is 26.0 Å². The molecule has 0 N–H and O–H groups in total. The molecular formula is C19H18N4O2S. The predicted octanol–water partition coefficient (Wildman–Crippen LogP) is 3.59. The van der Waals surface area contributed by atoms with Gasteiger partial charge in [-0.05, 0) is 42.0 Å². The zero-order valence-corrected chi connectivity index (χ0v) is 15.4. The molecule has 26 heavy (non-hydrogen) atoms. The number of methoxy groups -OCH3 is 2. The second-order valence-electron chi connectivity index (χ2n) is 5.46. The normalized spacial score (nSPS) is 10.5. The molecule has 2 aromatic carbocycles. The molecule has 0 bridgehead atoms. The molecule has 1 aromatic heterocycles. The van der Waals surface area contributed by atoms with Crippen molar-refractivity contribution in [3.8, 4) is 17.5 Å². The Morgan fingerprint density at radius 1 is 1.04 bits per heavy atom. The van der Waals surface area contributed by atoms with Crippen molar-refractivity contribution in [3.63, 3.8) is 0 Å². The van der Waals surface area contributed by atoms with Crippen LogP contribution >= 0.6 is 11.8 Å². The van der Waals surface area contributed by atoms with E-state index in [1.807, 2.05) is 53.1 Å². The second kappa shape index (κ2) is 8.52. The van der Waals surface area contributed by atoms with Gasteiger partial charge < -0.3 is 9.47 Å². The van der Waals surface area contributed by atoms with Crippen molar-refractivity contribution in [1.82, 2.24) is 14.8 Å². The average molecular weight is 366 g/mol. The van der Waals surface area contributed by atoms with Crippen LogP contribution in [0.15, 0.2) is 53.7 Å². The summed E-state index contributed by atoms with van der Waals surface area (Å²) in [4.78, 5) is 0. The number of thioether (sulfide) groups is 1. The van der Waals surface area contributed by atoms with Crippen LogP contribution in [0, 0.1) is 11.3 Å². The molecule has 0 aliphatic heterocycles. The van der Waals surface area contributed by atoms with Crippen molar-refractivity contribution in [2.45, 2.75) is 17.5 Å². The fraction of sp³-hybridized carbons (Fsp3) is 0.211. The number of aromatic nitrogens is 3. The number of benzene rings is 2. The first-order valence-electron chi connectivity index (χ1n) is 7.94. The summed E-state index contributed by atoms with van der Waals surface area (Å²) < 4.78 is 12.5. The highest BCUT2D eigenvalue weighted by molar-refractivity contribution is 7.98. The van der Waals surface area contributed by atoms with Gasteiger partial charge in [0.15, 0.2) is 11.0 Å². The van der Waals surface area contributed by atoms with Crippen LogP contribution in [0.2, 0.25) is 0 Å². The minimum atomic E-state index is 0.371. The molecule has 6 nitrogen and oxygen atoms in total. The van der Waals surface area contributed by atoms with Crippen molar-refractivity contribution < 1.29 is 9.47 Å². The van der Waals surface area contributed by atoms with Crippen molar-refractivity contribution in [2.75, 3.05) is 14.2 Å². The summed E-state index contributed by atoms with van der Waals surface area (Å²) in [5.74, 6) is 2.26. The first-order valence-corrected chi connectivity index (χ1v) is 8.93. The van der Waals surface area contributed by atoms with Crippen molar-refractivity contribution in [3.05, 3.63) is 65.5 Å². The lowest BCUT2D eigenvalue weighted by atomic mass is 10.2. The molecule has 7 heteroatoms. The highest BCUT2D eigenvalue weighted by Gasteiger charge is 2.14. The minimum Gasteiger partial charge on any atom is -0.497 e. The Labute approximate surface area is 156 Å². The molecule has 0 amide bonds. The van der Waals surface area contributed by atoms with Crippen LogP contribution in [-0.2, 0) is 17.1 Å². The molecule has 0 unspecified atom stereocenters. The van der Waals surface area contributed by atoms with Gasteiger partial charge in [0.05, 0.1) is 18.7 Å². The third-order valence-corrected chi connectivity index (χ3v) is 4.76. The van der Waals surface area contributed by atoms with Crippen LogP contribution in [0.5, 0.6) is 5.75 Å². The van der Waals surface area contributed by atoms with Gasteiger partial charge in [0.1, 0.15) is 12.4 Å². The van der Waals surface area contributed by atoms with E-state index in [4.69, 9.17) is 14.7 Å². The molecule has 0 saturated carbocycles. The molecular weight excluding hydrogens is 348 g/mol. The van der Waals surface area contributed by atoms with Gasteiger partial charge in [-0.25, -0.2) is 0 Å². The zero-order valence-electron chi connectivity index (χ0n) is 14.5. The van der Waals surface area contributed by atoms with E-state index in [9.17, 15) is 0 Å². The van der Waals surface area contributed by atoms with Crippen LogP contribution < -0.4 is 4.74 Å². The van der Waals surface area contributed by atoms with Gasteiger partial charge >= 0.3 is 0 Å². The first-order chi connectivity index (χ1) is 12.7. The van der Waals surface area contributed by atoms with Crippen LogP contribution in [-0.4, -0.2) is 29.0 Å². The van der Waals surface area contributed by atoms with Gasteiger partial charge in [0.2, 0.25) is 0 Å². The largest absolute Gasteiger partial charge is 0.497 e. The SMILES string of the molecule is COCc1nnc(SCc2ccc(C#N)cc2)n1-c1ccc(OC)cc1. The average Bonchev–Trinajstić information content (AvgIpc) is 3.09. The summed E-state index contributed by atoms with van der Waals surface area (Å²) in [6.45, 7) is 0.371. The van der Waals surface area contributed by atoms with Crippen LogP contribution in [0.25, 0.3) is 5.69 Å². The van der Waals surface area contributed by atoms with Gasteiger partial charge in [0.25, 0.3) is 0 Å². The number of nitriles is 1. The maximum atomic E-state index is 8.89. The molecule has 0 radical (unpaired) electrons.